The van der Waals surface area contributed by atoms with E-state index in [1.165, 1.54) is 6.20 Å². The van der Waals surface area contributed by atoms with Gasteiger partial charge in [0.2, 0.25) is 5.91 Å². The summed E-state index contributed by atoms with van der Waals surface area (Å²) < 4.78 is 5.80. The summed E-state index contributed by atoms with van der Waals surface area (Å²) in [5, 5.41) is 3.39. The van der Waals surface area contributed by atoms with Gasteiger partial charge in [-0.3, -0.25) is 4.79 Å². The zero-order valence-electron chi connectivity index (χ0n) is 13.5. The van der Waals surface area contributed by atoms with Crippen molar-refractivity contribution in [3.63, 3.8) is 0 Å². The molecular formula is C18H17ClN4O2. The van der Waals surface area contributed by atoms with Crippen LogP contribution in [0.5, 0.6) is 0 Å². The second kappa shape index (κ2) is 6.72. The van der Waals surface area contributed by atoms with Gasteiger partial charge in [-0.2, -0.15) is 4.98 Å². The minimum atomic E-state index is -0.0434. The predicted octanol–water partition coefficient (Wildman–Crippen LogP) is 3.73. The molecule has 0 unspecified atom stereocenters. The molecule has 0 atom stereocenters. The van der Waals surface area contributed by atoms with Crippen molar-refractivity contribution in [2.45, 2.75) is 12.8 Å². The summed E-state index contributed by atoms with van der Waals surface area (Å²) in [5.74, 6) is 0.473. The molecule has 1 aliphatic heterocycles. The van der Waals surface area contributed by atoms with Gasteiger partial charge in [0.25, 0.3) is 6.01 Å². The molecule has 1 aliphatic rings. The lowest BCUT2D eigenvalue weighted by Crippen LogP contribution is -2.38. The number of amides is 1. The number of benzene rings is 1. The van der Waals surface area contributed by atoms with Crippen molar-refractivity contribution in [3.8, 4) is 0 Å². The van der Waals surface area contributed by atoms with Crippen molar-refractivity contribution in [2.24, 2.45) is 5.92 Å². The van der Waals surface area contributed by atoms with Crippen LogP contribution in [0.1, 0.15) is 12.8 Å². The number of pyridine rings is 1. The number of oxazole rings is 1. The van der Waals surface area contributed by atoms with Crippen molar-refractivity contribution < 1.29 is 9.21 Å². The number of rotatable bonds is 3. The smallest absolute Gasteiger partial charge is 0.298 e. The maximum absolute atomic E-state index is 12.4. The normalized spacial score (nSPS) is 15.5. The SMILES string of the molecule is O=C(Nc1ccc(Cl)cn1)C1CCN(c2nc3ccccc3o2)CC1. The summed E-state index contributed by atoms with van der Waals surface area (Å²) in [6, 6.07) is 11.7. The molecule has 3 aromatic rings. The lowest BCUT2D eigenvalue weighted by Gasteiger charge is -2.29. The Balaban J connectivity index is 1.37. The number of nitrogens with one attached hydrogen (secondary N) is 1. The number of anilines is 2. The van der Waals surface area contributed by atoms with Gasteiger partial charge in [-0.1, -0.05) is 23.7 Å². The predicted molar refractivity (Wildman–Crippen MR) is 96.8 cm³/mol. The number of carbonyl (C=O) groups is 1. The Morgan fingerprint density at radius 3 is 2.72 bits per heavy atom. The second-order valence-electron chi connectivity index (χ2n) is 6.08. The highest BCUT2D eigenvalue weighted by molar-refractivity contribution is 6.30. The van der Waals surface area contributed by atoms with Crippen LogP contribution in [-0.2, 0) is 4.79 Å². The van der Waals surface area contributed by atoms with E-state index < -0.39 is 0 Å². The lowest BCUT2D eigenvalue weighted by atomic mass is 9.96. The summed E-state index contributed by atoms with van der Waals surface area (Å²) in [6.07, 6.45) is 3.02. The quantitative estimate of drug-likeness (QED) is 0.774. The van der Waals surface area contributed by atoms with Gasteiger partial charge in [0.15, 0.2) is 5.58 Å². The van der Waals surface area contributed by atoms with Crippen molar-refractivity contribution in [1.29, 1.82) is 0 Å². The number of carbonyl (C=O) groups excluding carboxylic acids is 1. The molecule has 0 bridgehead atoms. The van der Waals surface area contributed by atoms with Gasteiger partial charge in [0, 0.05) is 25.2 Å². The number of aromatic nitrogens is 2. The van der Waals surface area contributed by atoms with Crippen molar-refractivity contribution in [2.75, 3.05) is 23.3 Å². The fourth-order valence-electron chi connectivity index (χ4n) is 3.01. The van der Waals surface area contributed by atoms with Crippen LogP contribution in [0.15, 0.2) is 47.0 Å². The Morgan fingerprint density at radius 1 is 1.20 bits per heavy atom. The molecule has 1 N–H and O–H groups in total. The van der Waals surface area contributed by atoms with E-state index >= 15 is 0 Å². The van der Waals surface area contributed by atoms with Gasteiger partial charge in [0.1, 0.15) is 11.3 Å². The summed E-state index contributed by atoms with van der Waals surface area (Å²) in [6.45, 7) is 1.47. The highest BCUT2D eigenvalue weighted by Gasteiger charge is 2.27. The maximum atomic E-state index is 12.4. The monoisotopic (exact) mass is 356 g/mol. The molecule has 1 aromatic carbocycles. The van der Waals surface area contributed by atoms with Crippen LogP contribution in [-0.4, -0.2) is 29.0 Å². The first-order valence-corrected chi connectivity index (χ1v) is 8.60. The molecular weight excluding hydrogens is 340 g/mol. The van der Waals surface area contributed by atoms with E-state index in [1.54, 1.807) is 12.1 Å². The number of para-hydroxylation sites is 2. The Morgan fingerprint density at radius 2 is 2.00 bits per heavy atom. The third kappa shape index (κ3) is 3.44. The standard InChI is InChI=1S/C18H17ClN4O2/c19-13-5-6-16(20-11-13)22-17(24)12-7-9-23(10-8-12)18-21-14-3-1-2-4-15(14)25-18/h1-6,11-12H,7-10H2,(H,20,22,24). The second-order valence-corrected chi connectivity index (χ2v) is 6.51. The molecule has 1 amide bonds. The van der Waals surface area contributed by atoms with Crippen LogP contribution >= 0.6 is 11.6 Å². The average molecular weight is 357 g/mol. The van der Waals surface area contributed by atoms with Crippen molar-refractivity contribution in [1.82, 2.24) is 9.97 Å². The molecule has 1 saturated heterocycles. The first kappa shape index (κ1) is 15.9. The highest BCUT2D eigenvalue weighted by atomic mass is 35.5. The van der Waals surface area contributed by atoms with Crippen LogP contribution in [0.25, 0.3) is 11.1 Å². The van der Waals surface area contributed by atoms with Crippen LogP contribution in [0.2, 0.25) is 5.02 Å². The van der Waals surface area contributed by atoms with E-state index in [1.807, 2.05) is 24.3 Å². The fraction of sp³-hybridized carbons (Fsp3) is 0.278. The van der Waals surface area contributed by atoms with Crippen LogP contribution < -0.4 is 10.2 Å². The molecule has 25 heavy (non-hydrogen) atoms. The van der Waals surface area contributed by atoms with Gasteiger partial charge in [0.05, 0.1) is 5.02 Å². The third-order valence-electron chi connectivity index (χ3n) is 4.40. The maximum Gasteiger partial charge on any atom is 0.298 e. The van der Waals surface area contributed by atoms with E-state index in [-0.39, 0.29) is 11.8 Å². The highest BCUT2D eigenvalue weighted by Crippen LogP contribution is 2.26. The fourth-order valence-corrected chi connectivity index (χ4v) is 3.12. The molecule has 2 aromatic heterocycles. The van der Waals surface area contributed by atoms with E-state index in [9.17, 15) is 4.79 Å². The summed E-state index contributed by atoms with van der Waals surface area (Å²) in [7, 11) is 0. The molecule has 4 rings (SSSR count). The van der Waals surface area contributed by atoms with Gasteiger partial charge in [-0.25, -0.2) is 4.98 Å². The molecule has 0 aliphatic carbocycles. The first-order valence-electron chi connectivity index (χ1n) is 8.22. The van der Waals surface area contributed by atoms with E-state index in [4.69, 9.17) is 16.0 Å². The van der Waals surface area contributed by atoms with Gasteiger partial charge in [-0.05, 0) is 37.1 Å². The molecule has 0 saturated carbocycles. The zero-order chi connectivity index (χ0) is 17.2. The number of hydrogen-bond donors (Lipinski definition) is 1. The van der Waals surface area contributed by atoms with E-state index in [0.717, 1.165) is 37.0 Å². The Hall–Kier alpha value is -2.60. The molecule has 128 valence electrons. The Kier molecular flexibility index (Phi) is 4.28. The lowest BCUT2D eigenvalue weighted by molar-refractivity contribution is -0.120. The van der Waals surface area contributed by atoms with Crippen molar-refractivity contribution >= 4 is 40.4 Å². The molecule has 0 spiro atoms. The van der Waals surface area contributed by atoms with Gasteiger partial charge in [-0.15, -0.1) is 0 Å². The Labute approximate surface area is 149 Å². The molecule has 3 heterocycles. The number of nitrogens with zero attached hydrogens (tertiary/aromatic N) is 3. The van der Waals surface area contributed by atoms with Gasteiger partial charge < -0.3 is 14.6 Å². The first-order chi connectivity index (χ1) is 12.2. The van der Waals surface area contributed by atoms with Crippen LogP contribution in [0, 0.1) is 5.92 Å². The number of fused-ring (bicyclic) bond motifs is 1. The summed E-state index contributed by atoms with van der Waals surface area (Å²) >= 11 is 5.80. The summed E-state index contributed by atoms with van der Waals surface area (Å²) in [5.41, 5.74) is 1.64. The zero-order valence-corrected chi connectivity index (χ0v) is 14.2. The molecule has 6 nitrogen and oxygen atoms in total. The minimum absolute atomic E-state index is 0.00737. The Bertz CT molecular complexity index is 852. The average Bonchev–Trinajstić information content (AvgIpc) is 3.08. The van der Waals surface area contributed by atoms with Crippen molar-refractivity contribution in [3.05, 3.63) is 47.6 Å². The minimum Gasteiger partial charge on any atom is -0.423 e. The van der Waals surface area contributed by atoms with Crippen LogP contribution in [0.3, 0.4) is 0 Å². The number of hydrogen-bond acceptors (Lipinski definition) is 5. The van der Waals surface area contributed by atoms with E-state index in [2.05, 4.69) is 20.2 Å². The third-order valence-corrected chi connectivity index (χ3v) is 4.62. The van der Waals surface area contributed by atoms with Crippen LogP contribution in [0.4, 0.5) is 11.8 Å². The summed E-state index contributed by atoms with van der Waals surface area (Å²) in [4.78, 5) is 23.1. The molecule has 0 radical (unpaired) electrons. The van der Waals surface area contributed by atoms with Gasteiger partial charge >= 0.3 is 0 Å². The number of piperidine rings is 1. The topological polar surface area (TPSA) is 71.3 Å². The molecule has 1 fully saturated rings. The largest absolute Gasteiger partial charge is 0.423 e. The molecule has 7 heteroatoms. The number of halogens is 1. The van der Waals surface area contributed by atoms with E-state index in [0.29, 0.717) is 16.9 Å².